The van der Waals surface area contributed by atoms with Gasteiger partial charge in [-0.15, -0.1) is 0 Å². The summed E-state index contributed by atoms with van der Waals surface area (Å²) in [6.07, 6.45) is 2.65. The molecular formula is C19H27N5O2. The van der Waals surface area contributed by atoms with Gasteiger partial charge in [0.2, 0.25) is 0 Å². The minimum atomic E-state index is -0.122. The zero-order chi connectivity index (χ0) is 18.2. The van der Waals surface area contributed by atoms with E-state index < -0.39 is 0 Å². The Bertz CT molecular complexity index is 741. The Balaban J connectivity index is 1.88. The third-order valence-electron chi connectivity index (χ3n) is 4.39. The predicted molar refractivity (Wildman–Crippen MR) is 105 cm³/mol. The van der Waals surface area contributed by atoms with Gasteiger partial charge in [0.15, 0.2) is 0 Å². The molecule has 0 unspecified atom stereocenters. The van der Waals surface area contributed by atoms with Crippen LogP contribution in [0.5, 0.6) is 0 Å². The second-order valence-electron chi connectivity index (χ2n) is 6.17. The lowest BCUT2D eigenvalue weighted by molar-refractivity contribution is 0.147. The number of aromatic nitrogens is 2. The van der Waals surface area contributed by atoms with Crippen molar-refractivity contribution in [3.8, 4) is 5.69 Å². The average molecular weight is 357 g/mol. The van der Waals surface area contributed by atoms with E-state index in [9.17, 15) is 4.79 Å². The normalized spacial score (nSPS) is 14.4. The molecule has 0 amide bonds. The van der Waals surface area contributed by atoms with Crippen molar-refractivity contribution in [2.24, 2.45) is 0 Å². The van der Waals surface area contributed by atoms with E-state index in [0.717, 1.165) is 44.0 Å². The van der Waals surface area contributed by atoms with Crippen molar-refractivity contribution in [3.05, 3.63) is 46.9 Å². The summed E-state index contributed by atoms with van der Waals surface area (Å²) in [5, 5.41) is 11.1. The van der Waals surface area contributed by atoms with Crippen LogP contribution < -0.4 is 21.1 Å². The topological polar surface area (TPSA) is 71.4 Å². The minimum absolute atomic E-state index is 0.122. The molecule has 1 fully saturated rings. The van der Waals surface area contributed by atoms with E-state index in [1.54, 1.807) is 6.20 Å². The number of piperazine rings is 1. The lowest BCUT2D eigenvalue weighted by Gasteiger charge is -2.30. The van der Waals surface area contributed by atoms with Crippen LogP contribution in [-0.2, 0) is 4.74 Å². The quantitative estimate of drug-likeness (QED) is 0.698. The predicted octanol–water partition coefficient (Wildman–Crippen LogP) is 1.48. The first-order chi connectivity index (χ1) is 12.8. The Hall–Kier alpha value is -2.38. The number of para-hydroxylation sites is 1. The van der Waals surface area contributed by atoms with Crippen molar-refractivity contribution in [1.29, 1.82) is 0 Å². The Kier molecular flexibility index (Phi) is 6.62. The van der Waals surface area contributed by atoms with Crippen molar-refractivity contribution in [2.45, 2.75) is 13.3 Å². The zero-order valence-electron chi connectivity index (χ0n) is 15.3. The molecule has 7 heteroatoms. The van der Waals surface area contributed by atoms with E-state index >= 15 is 0 Å². The number of nitrogens with zero attached hydrogens (tertiary/aromatic N) is 3. The van der Waals surface area contributed by atoms with Gasteiger partial charge in [-0.3, -0.25) is 4.79 Å². The maximum Gasteiger partial charge on any atom is 0.296 e. The Morgan fingerprint density at radius 3 is 2.73 bits per heavy atom. The van der Waals surface area contributed by atoms with Crippen LogP contribution in [0.15, 0.2) is 41.3 Å². The molecule has 3 rings (SSSR count). The minimum Gasteiger partial charge on any atom is -0.382 e. The van der Waals surface area contributed by atoms with Crippen LogP contribution in [0.25, 0.3) is 5.69 Å². The Labute approximate surface area is 154 Å². The molecule has 140 valence electrons. The number of hydrogen-bond acceptors (Lipinski definition) is 6. The number of hydrogen-bond donors (Lipinski definition) is 2. The second kappa shape index (κ2) is 9.35. The highest BCUT2D eigenvalue weighted by Crippen LogP contribution is 2.22. The number of rotatable bonds is 8. The van der Waals surface area contributed by atoms with E-state index in [-0.39, 0.29) is 5.56 Å². The lowest BCUT2D eigenvalue weighted by atomic mass is 10.2. The summed E-state index contributed by atoms with van der Waals surface area (Å²) in [4.78, 5) is 15.3. The molecule has 0 aliphatic carbocycles. The van der Waals surface area contributed by atoms with Gasteiger partial charge in [0, 0.05) is 45.9 Å². The van der Waals surface area contributed by atoms with Crippen LogP contribution in [-0.4, -0.2) is 55.7 Å². The largest absolute Gasteiger partial charge is 0.382 e. The summed E-state index contributed by atoms with van der Waals surface area (Å²) in [6, 6.07) is 9.51. The third-order valence-corrected chi connectivity index (χ3v) is 4.39. The molecule has 2 aromatic rings. The van der Waals surface area contributed by atoms with Crippen LogP contribution in [0, 0.1) is 0 Å². The van der Waals surface area contributed by atoms with Gasteiger partial charge in [0.1, 0.15) is 5.69 Å². The molecule has 7 nitrogen and oxygen atoms in total. The number of anilines is 2. The molecule has 0 radical (unpaired) electrons. The van der Waals surface area contributed by atoms with Crippen molar-refractivity contribution >= 4 is 11.4 Å². The average Bonchev–Trinajstić information content (AvgIpc) is 2.70. The van der Waals surface area contributed by atoms with Crippen LogP contribution in [0.4, 0.5) is 11.4 Å². The number of ether oxygens (including phenoxy) is 1. The summed E-state index contributed by atoms with van der Waals surface area (Å²) in [7, 11) is 0. The van der Waals surface area contributed by atoms with Gasteiger partial charge in [-0.05, 0) is 25.5 Å². The standard InChI is InChI=1S/C19H27N5O2/c1-2-26-14-6-9-21-18-17(23-12-10-20-11-13-23)15-22-24(19(18)25)16-7-4-3-5-8-16/h3-5,7-8,15,20-21H,2,6,9-14H2,1H3. The van der Waals surface area contributed by atoms with Gasteiger partial charge in [0.05, 0.1) is 17.6 Å². The smallest absolute Gasteiger partial charge is 0.296 e. The zero-order valence-corrected chi connectivity index (χ0v) is 15.3. The summed E-state index contributed by atoms with van der Waals surface area (Å²) < 4.78 is 6.84. The second-order valence-corrected chi connectivity index (χ2v) is 6.17. The summed E-state index contributed by atoms with van der Waals surface area (Å²) in [5.41, 5.74) is 2.13. The van der Waals surface area contributed by atoms with Crippen molar-refractivity contribution in [2.75, 3.05) is 56.2 Å². The van der Waals surface area contributed by atoms with Crippen molar-refractivity contribution in [3.63, 3.8) is 0 Å². The highest BCUT2D eigenvalue weighted by atomic mass is 16.5. The van der Waals surface area contributed by atoms with Gasteiger partial charge in [0.25, 0.3) is 5.56 Å². The molecule has 0 spiro atoms. The van der Waals surface area contributed by atoms with Gasteiger partial charge in [-0.2, -0.15) is 9.78 Å². The first-order valence-corrected chi connectivity index (χ1v) is 9.26. The number of benzene rings is 1. The maximum atomic E-state index is 13.1. The number of nitrogens with one attached hydrogen (secondary N) is 2. The molecule has 1 aromatic carbocycles. The van der Waals surface area contributed by atoms with Crippen LogP contribution in [0.2, 0.25) is 0 Å². The van der Waals surface area contributed by atoms with Crippen molar-refractivity contribution < 1.29 is 4.74 Å². The lowest BCUT2D eigenvalue weighted by Crippen LogP contribution is -2.44. The molecular weight excluding hydrogens is 330 g/mol. The summed E-state index contributed by atoms with van der Waals surface area (Å²) >= 11 is 0. The highest BCUT2D eigenvalue weighted by Gasteiger charge is 2.19. The highest BCUT2D eigenvalue weighted by molar-refractivity contribution is 5.68. The molecule has 2 heterocycles. The molecule has 2 N–H and O–H groups in total. The van der Waals surface area contributed by atoms with E-state index in [4.69, 9.17) is 4.74 Å². The molecule has 1 aliphatic rings. The first kappa shape index (κ1) is 18.4. The first-order valence-electron chi connectivity index (χ1n) is 9.26. The van der Waals surface area contributed by atoms with Gasteiger partial charge in [-0.25, -0.2) is 0 Å². The molecule has 26 heavy (non-hydrogen) atoms. The monoisotopic (exact) mass is 357 g/mol. The molecule has 0 saturated carbocycles. The van der Waals surface area contributed by atoms with E-state index in [2.05, 4.69) is 20.6 Å². The van der Waals surface area contributed by atoms with Gasteiger partial charge in [-0.1, -0.05) is 18.2 Å². The fourth-order valence-corrected chi connectivity index (χ4v) is 3.04. The van der Waals surface area contributed by atoms with Gasteiger partial charge < -0.3 is 20.3 Å². The van der Waals surface area contributed by atoms with Gasteiger partial charge >= 0.3 is 0 Å². The van der Waals surface area contributed by atoms with Crippen LogP contribution in [0.1, 0.15) is 13.3 Å². The summed E-state index contributed by atoms with van der Waals surface area (Å²) in [6.45, 7) is 7.61. The summed E-state index contributed by atoms with van der Waals surface area (Å²) in [5.74, 6) is 0. The SMILES string of the molecule is CCOCCCNc1c(N2CCNCC2)cnn(-c2ccccc2)c1=O. The third kappa shape index (κ3) is 4.42. The fraction of sp³-hybridized carbons (Fsp3) is 0.474. The molecule has 1 saturated heterocycles. The molecule has 1 aromatic heterocycles. The molecule has 0 atom stereocenters. The van der Waals surface area contributed by atoms with E-state index in [1.165, 1.54) is 4.68 Å². The van der Waals surface area contributed by atoms with Crippen LogP contribution in [0.3, 0.4) is 0 Å². The fourth-order valence-electron chi connectivity index (χ4n) is 3.04. The molecule has 1 aliphatic heterocycles. The van der Waals surface area contributed by atoms with E-state index in [0.29, 0.717) is 25.4 Å². The Morgan fingerprint density at radius 1 is 1.23 bits per heavy atom. The maximum absolute atomic E-state index is 13.1. The van der Waals surface area contributed by atoms with Crippen LogP contribution >= 0.6 is 0 Å². The van der Waals surface area contributed by atoms with E-state index in [1.807, 2.05) is 37.3 Å². The Morgan fingerprint density at radius 2 is 2.00 bits per heavy atom. The van der Waals surface area contributed by atoms with Crippen molar-refractivity contribution in [1.82, 2.24) is 15.1 Å². The molecule has 0 bridgehead atoms.